The van der Waals surface area contributed by atoms with Crippen molar-refractivity contribution in [3.63, 3.8) is 0 Å². The molecule has 0 radical (unpaired) electrons. The van der Waals surface area contributed by atoms with E-state index in [2.05, 4.69) is 69.3 Å². The molecular weight excluding hydrogens is 244 g/mol. The first kappa shape index (κ1) is 15.5. The second-order valence-corrected chi connectivity index (χ2v) is 6.96. The Balaban J connectivity index is 1.75. The van der Waals surface area contributed by atoms with Gasteiger partial charge in [-0.15, -0.1) is 0 Å². The molecule has 1 saturated carbocycles. The topological polar surface area (TPSA) is 15.3 Å². The Morgan fingerprint density at radius 2 is 1.75 bits per heavy atom. The van der Waals surface area contributed by atoms with Crippen LogP contribution < -0.4 is 5.32 Å². The Hall–Kier alpha value is -0.860. The highest BCUT2D eigenvalue weighted by molar-refractivity contribution is 5.26. The predicted molar refractivity (Wildman–Crippen MR) is 87.3 cm³/mol. The maximum absolute atomic E-state index is 3.75. The molecule has 2 rings (SSSR count). The maximum atomic E-state index is 3.75. The number of nitrogens with zero attached hydrogens (tertiary/aromatic N) is 1. The third-order valence-corrected chi connectivity index (χ3v) is 4.74. The van der Waals surface area contributed by atoms with Crippen molar-refractivity contribution in [2.24, 2.45) is 5.92 Å². The molecule has 1 aromatic rings. The van der Waals surface area contributed by atoms with Gasteiger partial charge in [0, 0.05) is 18.6 Å². The van der Waals surface area contributed by atoms with Gasteiger partial charge in [0.25, 0.3) is 0 Å². The lowest BCUT2D eigenvalue weighted by atomic mass is 9.75. The third kappa shape index (κ3) is 3.83. The summed E-state index contributed by atoms with van der Waals surface area (Å²) in [7, 11) is 4.37. The molecule has 1 aliphatic rings. The van der Waals surface area contributed by atoms with E-state index in [1.807, 2.05) is 0 Å². The molecule has 2 heteroatoms. The second-order valence-electron chi connectivity index (χ2n) is 6.96. The lowest BCUT2D eigenvalue weighted by Gasteiger charge is -2.38. The van der Waals surface area contributed by atoms with E-state index in [0.717, 1.165) is 12.5 Å². The first-order valence-corrected chi connectivity index (χ1v) is 7.93. The van der Waals surface area contributed by atoms with Gasteiger partial charge in [-0.1, -0.05) is 43.7 Å². The second kappa shape index (κ2) is 6.73. The molecule has 1 N–H and O–H groups in total. The SMILES string of the molecule is Cc1ccc(C2CC(NCC(C(C)C)N(C)C)C2)cc1. The summed E-state index contributed by atoms with van der Waals surface area (Å²) in [6.07, 6.45) is 2.59. The molecular formula is C18H30N2. The summed E-state index contributed by atoms with van der Waals surface area (Å²) in [6, 6.07) is 10.4. The van der Waals surface area contributed by atoms with Crippen LogP contribution in [0, 0.1) is 12.8 Å². The first-order valence-electron chi connectivity index (χ1n) is 7.93. The van der Waals surface area contributed by atoms with E-state index in [4.69, 9.17) is 0 Å². The van der Waals surface area contributed by atoms with E-state index in [0.29, 0.717) is 18.0 Å². The highest BCUT2D eigenvalue weighted by Crippen LogP contribution is 2.36. The molecule has 1 unspecified atom stereocenters. The van der Waals surface area contributed by atoms with Gasteiger partial charge in [0.2, 0.25) is 0 Å². The van der Waals surface area contributed by atoms with Crippen LogP contribution >= 0.6 is 0 Å². The Kier molecular flexibility index (Phi) is 5.22. The van der Waals surface area contributed by atoms with Crippen LogP contribution in [0.15, 0.2) is 24.3 Å². The van der Waals surface area contributed by atoms with E-state index in [-0.39, 0.29) is 0 Å². The molecule has 0 saturated heterocycles. The van der Waals surface area contributed by atoms with Crippen LogP contribution in [0.3, 0.4) is 0 Å². The number of nitrogens with one attached hydrogen (secondary N) is 1. The number of hydrogen-bond donors (Lipinski definition) is 1. The van der Waals surface area contributed by atoms with Crippen molar-refractivity contribution in [1.82, 2.24) is 10.2 Å². The van der Waals surface area contributed by atoms with Crippen LogP contribution in [0.25, 0.3) is 0 Å². The van der Waals surface area contributed by atoms with E-state index in [1.54, 1.807) is 0 Å². The van der Waals surface area contributed by atoms with Gasteiger partial charge in [0.05, 0.1) is 0 Å². The monoisotopic (exact) mass is 274 g/mol. The zero-order chi connectivity index (χ0) is 14.7. The zero-order valence-electron chi connectivity index (χ0n) is 13.7. The minimum atomic E-state index is 0.633. The molecule has 20 heavy (non-hydrogen) atoms. The van der Waals surface area contributed by atoms with Crippen molar-refractivity contribution in [2.75, 3.05) is 20.6 Å². The van der Waals surface area contributed by atoms with Crippen LogP contribution in [0.5, 0.6) is 0 Å². The minimum absolute atomic E-state index is 0.633. The maximum Gasteiger partial charge on any atom is 0.0237 e. The quantitative estimate of drug-likeness (QED) is 0.855. The summed E-state index contributed by atoms with van der Waals surface area (Å²) in [4.78, 5) is 2.34. The molecule has 0 bridgehead atoms. The van der Waals surface area contributed by atoms with Crippen molar-refractivity contribution in [3.8, 4) is 0 Å². The summed E-state index contributed by atoms with van der Waals surface area (Å²) < 4.78 is 0. The van der Waals surface area contributed by atoms with Crippen LogP contribution in [0.2, 0.25) is 0 Å². The van der Waals surface area contributed by atoms with Gasteiger partial charge in [0.1, 0.15) is 0 Å². The Bertz CT molecular complexity index is 394. The van der Waals surface area contributed by atoms with Crippen LogP contribution in [-0.2, 0) is 0 Å². The van der Waals surface area contributed by atoms with Crippen molar-refractivity contribution in [2.45, 2.75) is 51.6 Å². The largest absolute Gasteiger partial charge is 0.312 e. The Morgan fingerprint density at radius 1 is 1.15 bits per heavy atom. The van der Waals surface area contributed by atoms with Crippen molar-refractivity contribution in [3.05, 3.63) is 35.4 Å². The Morgan fingerprint density at radius 3 is 2.25 bits per heavy atom. The van der Waals surface area contributed by atoms with Gasteiger partial charge in [-0.05, 0) is 51.3 Å². The first-order chi connectivity index (χ1) is 9.47. The fourth-order valence-electron chi connectivity index (χ4n) is 3.20. The molecule has 1 fully saturated rings. The molecule has 112 valence electrons. The molecule has 1 aromatic carbocycles. The van der Waals surface area contributed by atoms with E-state index in [9.17, 15) is 0 Å². The van der Waals surface area contributed by atoms with Crippen molar-refractivity contribution < 1.29 is 0 Å². The van der Waals surface area contributed by atoms with Crippen LogP contribution in [0.4, 0.5) is 0 Å². The van der Waals surface area contributed by atoms with Crippen molar-refractivity contribution in [1.29, 1.82) is 0 Å². The van der Waals surface area contributed by atoms with Gasteiger partial charge in [-0.3, -0.25) is 0 Å². The zero-order valence-corrected chi connectivity index (χ0v) is 13.7. The highest BCUT2D eigenvalue weighted by Gasteiger charge is 2.30. The lowest BCUT2D eigenvalue weighted by molar-refractivity contribution is 0.198. The smallest absolute Gasteiger partial charge is 0.0237 e. The summed E-state index contributed by atoms with van der Waals surface area (Å²) in [5.74, 6) is 1.47. The van der Waals surface area contributed by atoms with Gasteiger partial charge in [0.15, 0.2) is 0 Å². The molecule has 0 amide bonds. The van der Waals surface area contributed by atoms with Crippen LogP contribution in [-0.4, -0.2) is 37.6 Å². The van der Waals surface area contributed by atoms with Gasteiger partial charge < -0.3 is 10.2 Å². The summed E-state index contributed by atoms with van der Waals surface area (Å²) in [5, 5.41) is 3.75. The normalized spacial score (nSPS) is 23.9. The molecule has 0 spiro atoms. The third-order valence-electron chi connectivity index (χ3n) is 4.74. The molecule has 0 aliphatic heterocycles. The number of hydrogen-bond acceptors (Lipinski definition) is 2. The molecule has 1 atom stereocenters. The summed E-state index contributed by atoms with van der Waals surface area (Å²) >= 11 is 0. The average molecular weight is 274 g/mol. The summed E-state index contributed by atoms with van der Waals surface area (Å²) in [6.45, 7) is 7.88. The van der Waals surface area contributed by atoms with Gasteiger partial charge in [-0.25, -0.2) is 0 Å². The number of aryl methyl sites for hydroxylation is 1. The van der Waals surface area contributed by atoms with Crippen molar-refractivity contribution >= 4 is 0 Å². The van der Waals surface area contributed by atoms with Crippen LogP contribution in [0.1, 0.15) is 43.7 Å². The van der Waals surface area contributed by atoms with Gasteiger partial charge in [-0.2, -0.15) is 0 Å². The number of likely N-dealkylation sites (N-methyl/N-ethyl adjacent to an activating group) is 1. The average Bonchev–Trinajstić information content (AvgIpc) is 2.32. The predicted octanol–water partition coefficient (Wildman–Crippen LogP) is 3.42. The van der Waals surface area contributed by atoms with E-state index >= 15 is 0 Å². The molecule has 0 aromatic heterocycles. The van der Waals surface area contributed by atoms with E-state index < -0.39 is 0 Å². The van der Waals surface area contributed by atoms with Gasteiger partial charge >= 0.3 is 0 Å². The standard InChI is InChI=1S/C18H30N2/c1-13(2)18(20(4)5)12-19-17-10-16(11-17)15-8-6-14(3)7-9-15/h6-9,13,16-19H,10-12H2,1-5H3. The highest BCUT2D eigenvalue weighted by atomic mass is 15.1. The van der Waals surface area contributed by atoms with E-state index in [1.165, 1.54) is 24.0 Å². The lowest BCUT2D eigenvalue weighted by Crippen LogP contribution is -2.48. The fourth-order valence-corrected chi connectivity index (χ4v) is 3.20. The number of benzene rings is 1. The molecule has 2 nitrogen and oxygen atoms in total. The Labute approximate surface area is 124 Å². The number of rotatable bonds is 6. The summed E-state index contributed by atoms with van der Waals surface area (Å²) in [5.41, 5.74) is 2.87. The molecule has 0 heterocycles. The fraction of sp³-hybridized carbons (Fsp3) is 0.667. The molecule has 1 aliphatic carbocycles. The minimum Gasteiger partial charge on any atom is -0.312 e.